The Morgan fingerprint density at radius 1 is 1.33 bits per heavy atom. The first-order chi connectivity index (χ1) is 8.65. The molecule has 0 bridgehead atoms. The molecule has 0 saturated heterocycles. The molecule has 0 saturated carbocycles. The van der Waals surface area contributed by atoms with Gasteiger partial charge in [0.1, 0.15) is 17.4 Å². The number of phenols is 1. The second kappa shape index (κ2) is 4.06. The highest BCUT2D eigenvalue weighted by Gasteiger charge is 2.14. The average molecular weight is 308 g/mol. The van der Waals surface area contributed by atoms with Gasteiger partial charge >= 0.3 is 0 Å². The lowest BCUT2D eigenvalue weighted by molar-refractivity contribution is 0.471. The number of aromatic nitrogens is 3. The van der Waals surface area contributed by atoms with Gasteiger partial charge in [0, 0.05) is 10.7 Å². The quantitative estimate of drug-likeness (QED) is 0.725. The summed E-state index contributed by atoms with van der Waals surface area (Å²) in [6, 6.07) is 5.91. The van der Waals surface area contributed by atoms with Gasteiger partial charge in [-0.1, -0.05) is 6.07 Å². The zero-order valence-corrected chi connectivity index (χ0v) is 10.6. The number of rotatable bonds is 1. The van der Waals surface area contributed by atoms with Crippen molar-refractivity contribution in [3.8, 4) is 17.1 Å². The standard InChI is InChI=1S/C12H7BrFN3O/c13-6-4-8-11(15-5-6)17-12(16-8)10-7(14)2-1-3-9(10)18/h1-5,18H,(H,15,16,17). The molecule has 0 aliphatic heterocycles. The molecular formula is C12H7BrFN3O. The molecule has 4 nitrogen and oxygen atoms in total. The van der Waals surface area contributed by atoms with Crippen LogP contribution in [0.3, 0.4) is 0 Å². The van der Waals surface area contributed by atoms with Gasteiger partial charge in [0.25, 0.3) is 0 Å². The molecule has 90 valence electrons. The number of phenolic OH excluding ortho intramolecular Hbond substituents is 1. The molecule has 0 atom stereocenters. The molecule has 0 unspecified atom stereocenters. The van der Waals surface area contributed by atoms with Gasteiger partial charge in [-0.3, -0.25) is 0 Å². The molecule has 0 radical (unpaired) electrons. The summed E-state index contributed by atoms with van der Waals surface area (Å²) in [6.07, 6.45) is 1.61. The van der Waals surface area contributed by atoms with E-state index < -0.39 is 5.82 Å². The van der Waals surface area contributed by atoms with Gasteiger partial charge < -0.3 is 10.1 Å². The maximum absolute atomic E-state index is 13.7. The fourth-order valence-corrected chi connectivity index (χ4v) is 2.07. The molecule has 0 aliphatic carbocycles. The van der Waals surface area contributed by atoms with E-state index in [-0.39, 0.29) is 17.1 Å². The number of nitrogens with one attached hydrogen (secondary N) is 1. The molecule has 3 rings (SSSR count). The van der Waals surface area contributed by atoms with Crippen molar-refractivity contribution in [1.29, 1.82) is 0 Å². The van der Waals surface area contributed by atoms with Crippen LogP contribution in [0.5, 0.6) is 5.75 Å². The van der Waals surface area contributed by atoms with Gasteiger partial charge in [0.15, 0.2) is 5.65 Å². The number of nitrogens with zero attached hydrogens (tertiary/aromatic N) is 2. The van der Waals surface area contributed by atoms with Crippen molar-refractivity contribution < 1.29 is 9.50 Å². The minimum Gasteiger partial charge on any atom is -0.507 e. The Balaban J connectivity index is 2.26. The molecule has 2 aromatic heterocycles. The van der Waals surface area contributed by atoms with E-state index in [1.54, 1.807) is 12.3 Å². The second-order valence-corrected chi connectivity index (χ2v) is 4.66. The molecule has 0 spiro atoms. The Hall–Kier alpha value is -1.95. The number of benzene rings is 1. The Morgan fingerprint density at radius 2 is 2.17 bits per heavy atom. The fraction of sp³-hybridized carbons (Fsp3) is 0. The first-order valence-corrected chi connectivity index (χ1v) is 5.93. The van der Waals surface area contributed by atoms with Crippen LogP contribution in [0, 0.1) is 5.82 Å². The van der Waals surface area contributed by atoms with Crippen molar-refractivity contribution >= 4 is 27.1 Å². The van der Waals surface area contributed by atoms with Crippen molar-refractivity contribution in [2.24, 2.45) is 0 Å². The molecule has 3 aromatic rings. The van der Waals surface area contributed by atoms with E-state index in [4.69, 9.17) is 0 Å². The number of H-pyrrole nitrogens is 1. The summed E-state index contributed by atoms with van der Waals surface area (Å²) in [6.45, 7) is 0. The van der Waals surface area contributed by atoms with Gasteiger partial charge in [-0.15, -0.1) is 0 Å². The number of halogens is 2. The van der Waals surface area contributed by atoms with Gasteiger partial charge in [-0.25, -0.2) is 14.4 Å². The van der Waals surface area contributed by atoms with E-state index in [2.05, 4.69) is 30.9 Å². The molecule has 0 aliphatic rings. The molecule has 1 aromatic carbocycles. The topological polar surface area (TPSA) is 61.8 Å². The zero-order chi connectivity index (χ0) is 12.7. The van der Waals surface area contributed by atoms with Crippen LogP contribution in [0.15, 0.2) is 34.9 Å². The minimum absolute atomic E-state index is 0.0478. The Bertz CT molecular complexity index is 721. The van der Waals surface area contributed by atoms with Gasteiger partial charge in [-0.05, 0) is 34.1 Å². The molecule has 2 N–H and O–H groups in total. The van der Waals surface area contributed by atoms with E-state index >= 15 is 0 Å². The largest absolute Gasteiger partial charge is 0.507 e. The van der Waals surface area contributed by atoms with Crippen molar-refractivity contribution in [3.05, 3.63) is 40.8 Å². The van der Waals surface area contributed by atoms with Gasteiger partial charge in [-0.2, -0.15) is 0 Å². The SMILES string of the molecule is Oc1cccc(F)c1-c1nc2ncc(Br)cc2[nH]1. The van der Waals surface area contributed by atoms with Crippen LogP contribution in [0.25, 0.3) is 22.6 Å². The first-order valence-electron chi connectivity index (χ1n) is 5.14. The number of fused-ring (bicyclic) bond motifs is 1. The minimum atomic E-state index is -0.534. The van der Waals surface area contributed by atoms with Gasteiger partial charge in [0.2, 0.25) is 0 Å². The summed E-state index contributed by atoms with van der Waals surface area (Å²) >= 11 is 3.29. The maximum Gasteiger partial charge on any atom is 0.178 e. The Kier molecular flexibility index (Phi) is 2.52. The van der Waals surface area contributed by atoms with Crippen LogP contribution in [0.2, 0.25) is 0 Å². The molecular weight excluding hydrogens is 301 g/mol. The normalized spacial score (nSPS) is 11.0. The van der Waals surface area contributed by atoms with Crippen molar-refractivity contribution in [3.63, 3.8) is 0 Å². The lowest BCUT2D eigenvalue weighted by Gasteiger charge is -2.01. The van der Waals surface area contributed by atoms with E-state index in [9.17, 15) is 9.50 Å². The van der Waals surface area contributed by atoms with Crippen LogP contribution in [-0.2, 0) is 0 Å². The lowest BCUT2D eigenvalue weighted by Crippen LogP contribution is -1.86. The second-order valence-electron chi connectivity index (χ2n) is 3.74. The number of hydrogen-bond donors (Lipinski definition) is 2. The number of hydrogen-bond acceptors (Lipinski definition) is 3. The van der Waals surface area contributed by atoms with E-state index in [1.807, 2.05) is 0 Å². The maximum atomic E-state index is 13.7. The Morgan fingerprint density at radius 3 is 2.94 bits per heavy atom. The van der Waals surface area contributed by atoms with Crippen molar-refractivity contribution in [1.82, 2.24) is 15.0 Å². The van der Waals surface area contributed by atoms with Crippen LogP contribution in [-0.4, -0.2) is 20.1 Å². The van der Waals surface area contributed by atoms with Crippen LogP contribution in [0.4, 0.5) is 4.39 Å². The smallest absolute Gasteiger partial charge is 0.178 e. The summed E-state index contributed by atoms with van der Waals surface area (Å²) < 4.78 is 14.5. The van der Waals surface area contributed by atoms with E-state index in [0.717, 1.165) is 4.47 Å². The predicted octanol–water partition coefficient (Wildman–Crippen LogP) is 3.23. The third kappa shape index (κ3) is 1.74. The summed E-state index contributed by atoms with van der Waals surface area (Å²) in [5.74, 6) is -0.438. The van der Waals surface area contributed by atoms with Crippen LogP contribution < -0.4 is 0 Å². The summed E-state index contributed by atoms with van der Waals surface area (Å²) in [7, 11) is 0. The molecule has 18 heavy (non-hydrogen) atoms. The van der Waals surface area contributed by atoms with Crippen LogP contribution >= 0.6 is 15.9 Å². The number of aromatic amines is 1. The number of pyridine rings is 1. The average Bonchev–Trinajstić information content (AvgIpc) is 2.71. The zero-order valence-electron chi connectivity index (χ0n) is 8.98. The molecule has 6 heteroatoms. The first kappa shape index (κ1) is 11.2. The Labute approximate surface area is 110 Å². The summed E-state index contributed by atoms with van der Waals surface area (Å²) in [5.41, 5.74) is 1.18. The van der Waals surface area contributed by atoms with Crippen LogP contribution in [0.1, 0.15) is 0 Å². The van der Waals surface area contributed by atoms with Gasteiger partial charge in [0.05, 0.1) is 11.1 Å². The third-order valence-electron chi connectivity index (χ3n) is 2.53. The molecule has 0 fully saturated rings. The van der Waals surface area contributed by atoms with E-state index in [1.165, 1.54) is 18.2 Å². The van der Waals surface area contributed by atoms with Crippen molar-refractivity contribution in [2.45, 2.75) is 0 Å². The summed E-state index contributed by atoms with van der Waals surface area (Å²) in [4.78, 5) is 11.2. The predicted molar refractivity (Wildman–Crippen MR) is 68.6 cm³/mol. The monoisotopic (exact) mass is 307 g/mol. The highest BCUT2D eigenvalue weighted by Crippen LogP contribution is 2.30. The molecule has 0 amide bonds. The third-order valence-corrected chi connectivity index (χ3v) is 2.97. The lowest BCUT2D eigenvalue weighted by atomic mass is 10.2. The van der Waals surface area contributed by atoms with E-state index in [0.29, 0.717) is 11.2 Å². The molecule has 2 heterocycles. The summed E-state index contributed by atoms with van der Waals surface area (Å²) in [5, 5.41) is 9.69. The number of aromatic hydroxyl groups is 1. The number of imidazole rings is 1. The highest BCUT2D eigenvalue weighted by atomic mass is 79.9. The fourth-order valence-electron chi connectivity index (χ4n) is 1.74. The highest BCUT2D eigenvalue weighted by molar-refractivity contribution is 9.10. The van der Waals surface area contributed by atoms with Crippen molar-refractivity contribution in [2.75, 3.05) is 0 Å².